The minimum absolute atomic E-state index is 0.0554. The van der Waals surface area contributed by atoms with Crippen LogP contribution in [-0.4, -0.2) is 5.97 Å². The van der Waals surface area contributed by atoms with E-state index in [1.54, 1.807) is 18.2 Å². The number of nitrogen functional groups attached to an aromatic ring is 1. The van der Waals surface area contributed by atoms with Crippen LogP contribution in [0.5, 0.6) is 0 Å². The third-order valence-corrected chi connectivity index (χ3v) is 2.81. The van der Waals surface area contributed by atoms with Crippen molar-refractivity contribution in [2.45, 2.75) is 6.61 Å². The molecule has 0 heterocycles. The number of benzene rings is 2. The van der Waals surface area contributed by atoms with Gasteiger partial charge in [0.15, 0.2) is 0 Å². The lowest BCUT2D eigenvalue weighted by molar-refractivity contribution is 0.0473. The Bertz CT molecular complexity index is 599. The van der Waals surface area contributed by atoms with E-state index >= 15 is 0 Å². The fourth-order valence-corrected chi connectivity index (χ4v) is 1.77. The van der Waals surface area contributed by atoms with Crippen molar-refractivity contribution < 1.29 is 13.9 Å². The second-order valence-corrected chi connectivity index (χ2v) is 4.35. The number of hydrogen-bond donors (Lipinski definition) is 1. The van der Waals surface area contributed by atoms with E-state index in [-0.39, 0.29) is 23.0 Å². The number of nitrogens with two attached hydrogens (primary N) is 1. The van der Waals surface area contributed by atoms with E-state index in [0.717, 1.165) is 0 Å². The number of carbonyl (C=O) groups is 1. The molecule has 2 aromatic rings. The zero-order chi connectivity index (χ0) is 13.8. The highest BCUT2D eigenvalue weighted by atomic mass is 35.5. The van der Waals surface area contributed by atoms with Gasteiger partial charge in [0.1, 0.15) is 12.4 Å². The molecular weight excluding hydrogens is 269 g/mol. The largest absolute Gasteiger partial charge is 0.457 e. The molecule has 0 amide bonds. The van der Waals surface area contributed by atoms with Crippen LogP contribution in [0.15, 0.2) is 42.5 Å². The molecule has 0 radical (unpaired) electrons. The minimum Gasteiger partial charge on any atom is -0.457 e. The quantitative estimate of drug-likeness (QED) is 0.692. The van der Waals surface area contributed by atoms with E-state index in [1.165, 1.54) is 24.3 Å². The number of ether oxygens (including phenoxy) is 1. The topological polar surface area (TPSA) is 52.3 Å². The number of carbonyl (C=O) groups excluding carboxylic acids is 1. The van der Waals surface area contributed by atoms with Gasteiger partial charge in [0.05, 0.1) is 10.6 Å². The summed E-state index contributed by atoms with van der Waals surface area (Å²) in [6, 6.07) is 10.3. The van der Waals surface area contributed by atoms with Gasteiger partial charge in [-0.3, -0.25) is 0 Å². The van der Waals surface area contributed by atoms with E-state index in [4.69, 9.17) is 22.1 Å². The van der Waals surface area contributed by atoms with E-state index in [2.05, 4.69) is 0 Å². The third-order valence-electron chi connectivity index (χ3n) is 2.50. The summed E-state index contributed by atoms with van der Waals surface area (Å²) >= 11 is 5.90. The predicted octanol–water partition coefficient (Wildman–Crippen LogP) is 3.42. The molecule has 98 valence electrons. The molecule has 3 nitrogen and oxygen atoms in total. The highest BCUT2D eigenvalue weighted by molar-refractivity contribution is 6.33. The van der Waals surface area contributed by atoms with Gasteiger partial charge in [-0.15, -0.1) is 0 Å². The van der Waals surface area contributed by atoms with Gasteiger partial charge < -0.3 is 10.5 Å². The Morgan fingerprint density at radius 1 is 1.21 bits per heavy atom. The Hall–Kier alpha value is -2.07. The number of rotatable bonds is 3. The molecule has 2 N–H and O–H groups in total. The smallest absolute Gasteiger partial charge is 0.339 e. The third kappa shape index (κ3) is 3.45. The number of anilines is 1. The maximum Gasteiger partial charge on any atom is 0.339 e. The maximum atomic E-state index is 12.7. The summed E-state index contributed by atoms with van der Waals surface area (Å²) in [7, 11) is 0. The first-order valence-electron chi connectivity index (χ1n) is 5.53. The van der Waals surface area contributed by atoms with Gasteiger partial charge in [-0.25, -0.2) is 9.18 Å². The lowest BCUT2D eigenvalue weighted by Gasteiger charge is -2.07. The molecule has 0 bridgehead atoms. The highest BCUT2D eigenvalue weighted by Crippen LogP contribution is 2.20. The second kappa shape index (κ2) is 5.71. The maximum absolute atomic E-state index is 12.7. The van der Waals surface area contributed by atoms with Crippen molar-refractivity contribution in [3.05, 3.63) is 64.4 Å². The summed E-state index contributed by atoms with van der Waals surface area (Å²) in [5.41, 5.74) is 6.95. The number of halogens is 2. The molecule has 0 saturated heterocycles. The van der Waals surface area contributed by atoms with Gasteiger partial charge in [-0.05, 0) is 35.9 Å². The summed E-state index contributed by atoms with van der Waals surface area (Å²) in [5, 5.41) is 0.240. The normalized spacial score (nSPS) is 10.2. The molecule has 19 heavy (non-hydrogen) atoms. The first kappa shape index (κ1) is 13.4. The SMILES string of the molecule is Nc1ccc(C(=O)OCc2ccc(F)cc2)c(Cl)c1. The molecule has 0 aliphatic rings. The lowest BCUT2D eigenvalue weighted by atomic mass is 10.2. The van der Waals surface area contributed by atoms with Crippen molar-refractivity contribution in [2.75, 3.05) is 5.73 Å². The van der Waals surface area contributed by atoms with Crippen molar-refractivity contribution in [3.63, 3.8) is 0 Å². The van der Waals surface area contributed by atoms with E-state index in [9.17, 15) is 9.18 Å². The highest BCUT2D eigenvalue weighted by Gasteiger charge is 2.12. The molecule has 0 fully saturated rings. The molecule has 0 aliphatic carbocycles. The average molecular weight is 280 g/mol. The Kier molecular flexibility index (Phi) is 4.02. The first-order valence-corrected chi connectivity index (χ1v) is 5.90. The molecule has 0 unspecified atom stereocenters. The minimum atomic E-state index is -0.547. The Morgan fingerprint density at radius 3 is 2.53 bits per heavy atom. The zero-order valence-electron chi connectivity index (χ0n) is 9.90. The number of hydrogen-bond acceptors (Lipinski definition) is 3. The van der Waals surface area contributed by atoms with Crippen LogP contribution < -0.4 is 5.73 Å². The van der Waals surface area contributed by atoms with E-state index < -0.39 is 5.97 Å². The Morgan fingerprint density at radius 2 is 1.89 bits per heavy atom. The van der Waals surface area contributed by atoms with Gasteiger partial charge in [0.25, 0.3) is 0 Å². The molecule has 0 aliphatic heterocycles. The van der Waals surface area contributed by atoms with Crippen LogP contribution in [0.2, 0.25) is 5.02 Å². The van der Waals surface area contributed by atoms with Crippen molar-refractivity contribution in [2.24, 2.45) is 0 Å². The van der Waals surface area contributed by atoms with Gasteiger partial charge in [-0.1, -0.05) is 23.7 Å². The molecule has 0 aromatic heterocycles. The van der Waals surface area contributed by atoms with Crippen LogP contribution in [0.1, 0.15) is 15.9 Å². The monoisotopic (exact) mass is 279 g/mol. The average Bonchev–Trinajstić information content (AvgIpc) is 2.37. The standard InChI is InChI=1S/C14H11ClFNO2/c15-13-7-11(17)5-6-12(13)14(18)19-8-9-1-3-10(16)4-2-9/h1-7H,8,17H2. The molecule has 0 atom stereocenters. The first-order chi connectivity index (χ1) is 9.06. The Labute approximate surface area is 114 Å². The van der Waals surface area contributed by atoms with E-state index in [1.807, 2.05) is 0 Å². The fourth-order valence-electron chi connectivity index (χ4n) is 1.50. The van der Waals surface area contributed by atoms with Gasteiger partial charge >= 0.3 is 5.97 Å². The molecule has 0 spiro atoms. The Balaban J connectivity index is 2.03. The van der Waals surface area contributed by atoms with Crippen LogP contribution >= 0.6 is 11.6 Å². The van der Waals surface area contributed by atoms with Crippen LogP contribution in [0.25, 0.3) is 0 Å². The predicted molar refractivity (Wildman–Crippen MR) is 71.4 cm³/mol. The summed E-state index contributed by atoms with van der Waals surface area (Å²) in [4.78, 5) is 11.8. The van der Waals surface area contributed by atoms with Crippen molar-refractivity contribution >= 4 is 23.3 Å². The van der Waals surface area contributed by atoms with Gasteiger partial charge in [0, 0.05) is 5.69 Å². The summed E-state index contributed by atoms with van der Waals surface area (Å²) in [6.07, 6.45) is 0. The second-order valence-electron chi connectivity index (χ2n) is 3.94. The summed E-state index contributed by atoms with van der Waals surface area (Å²) in [5.74, 6) is -0.883. The van der Waals surface area contributed by atoms with Crippen molar-refractivity contribution in [1.82, 2.24) is 0 Å². The van der Waals surface area contributed by atoms with E-state index in [0.29, 0.717) is 11.3 Å². The summed E-state index contributed by atoms with van der Waals surface area (Å²) < 4.78 is 17.8. The fraction of sp³-hybridized carbons (Fsp3) is 0.0714. The van der Waals surface area contributed by atoms with Crippen LogP contribution in [0.4, 0.5) is 10.1 Å². The van der Waals surface area contributed by atoms with Crippen molar-refractivity contribution in [3.8, 4) is 0 Å². The van der Waals surface area contributed by atoms with Gasteiger partial charge in [0.2, 0.25) is 0 Å². The number of esters is 1. The molecule has 0 saturated carbocycles. The van der Waals surface area contributed by atoms with Crippen LogP contribution in [0, 0.1) is 5.82 Å². The molecule has 5 heteroatoms. The molecule has 2 rings (SSSR count). The van der Waals surface area contributed by atoms with Crippen molar-refractivity contribution in [1.29, 1.82) is 0 Å². The summed E-state index contributed by atoms with van der Waals surface area (Å²) in [6.45, 7) is 0.0554. The zero-order valence-corrected chi connectivity index (χ0v) is 10.7. The molecule has 2 aromatic carbocycles. The van der Waals surface area contributed by atoms with Gasteiger partial charge in [-0.2, -0.15) is 0 Å². The lowest BCUT2D eigenvalue weighted by Crippen LogP contribution is -2.06. The molecular formula is C14H11ClFNO2. The van der Waals surface area contributed by atoms with Crippen LogP contribution in [0.3, 0.4) is 0 Å². The van der Waals surface area contributed by atoms with Crippen LogP contribution in [-0.2, 0) is 11.3 Å².